The number of likely N-dealkylation sites (tertiary alicyclic amines) is 1. The van der Waals surface area contributed by atoms with Gasteiger partial charge in [0.05, 0.1) is 4.92 Å². The molecule has 1 heterocycles. The molecule has 5 nitrogen and oxygen atoms in total. The molecule has 112 valence electrons. The molecule has 7 heteroatoms. The van der Waals surface area contributed by atoms with Gasteiger partial charge in [-0.2, -0.15) is 0 Å². The van der Waals surface area contributed by atoms with Crippen LogP contribution in [0.15, 0.2) is 18.2 Å². The lowest BCUT2D eigenvalue weighted by Gasteiger charge is -2.31. The van der Waals surface area contributed by atoms with Crippen molar-refractivity contribution >= 4 is 18.1 Å². The first-order valence-electron chi connectivity index (χ1n) is 6.45. The Kier molecular flexibility index (Phi) is 6.32. The van der Waals surface area contributed by atoms with Crippen LogP contribution in [0.3, 0.4) is 0 Å². The second-order valence-electron chi connectivity index (χ2n) is 4.99. The maximum absolute atomic E-state index is 13.2. The van der Waals surface area contributed by atoms with E-state index < -0.39 is 10.7 Å². The number of hydrogen-bond donors (Lipinski definition) is 1. The van der Waals surface area contributed by atoms with Crippen LogP contribution in [-0.4, -0.2) is 29.5 Å². The first-order valence-corrected chi connectivity index (χ1v) is 6.45. The topological polar surface area (TPSA) is 72.4 Å². The van der Waals surface area contributed by atoms with Crippen molar-refractivity contribution in [3.8, 4) is 0 Å². The van der Waals surface area contributed by atoms with Crippen LogP contribution in [0.25, 0.3) is 0 Å². The molecule has 0 aromatic heterocycles. The minimum atomic E-state index is -0.457. The minimum absolute atomic E-state index is 0. The zero-order valence-corrected chi connectivity index (χ0v) is 11.9. The van der Waals surface area contributed by atoms with Gasteiger partial charge in [0, 0.05) is 18.2 Å². The van der Waals surface area contributed by atoms with E-state index in [4.69, 9.17) is 5.73 Å². The van der Waals surface area contributed by atoms with Gasteiger partial charge >= 0.3 is 0 Å². The fourth-order valence-electron chi connectivity index (χ4n) is 2.48. The van der Waals surface area contributed by atoms with Crippen LogP contribution in [0.1, 0.15) is 18.4 Å². The summed E-state index contributed by atoms with van der Waals surface area (Å²) in [5.74, 6) is 0.108. The Morgan fingerprint density at radius 2 is 2.05 bits per heavy atom. The fraction of sp³-hybridized carbons (Fsp3) is 0.538. The van der Waals surface area contributed by atoms with Gasteiger partial charge in [-0.25, -0.2) is 4.39 Å². The summed E-state index contributed by atoms with van der Waals surface area (Å²) in [5, 5.41) is 10.9. The number of halogens is 2. The second-order valence-corrected chi connectivity index (χ2v) is 4.99. The van der Waals surface area contributed by atoms with E-state index in [0.29, 0.717) is 24.6 Å². The monoisotopic (exact) mass is 303 g/mol. The van der Waals surface area contributed by atoms with Gasteiger partial charge in [-0.3, -0.25) is 15.0 Å². The molecule has 0 saturated carbocycles. The number of piperidine rings is 1. The summed E-state index contributed by atoms with van der Waals surface area (Å²) in [4.78, 5) is 12.6. The van der Waals surface area contributed by atoms with E-state index in [2.05, 4.69) is 4.90 Å². The highest BCUT2D eigenvalue weighted by Crippen LogP contribution is 2.24. The Morgan fingerprint density at radius 1 is 1.40 bits per heavy atom. The van der Waals surface area contributed by atoms with Crippen LogP contribution in [0.2, 0.25) is 0 Å². The fourth-order valence-corrected chi connectivity index (χ4v) is 2.48. The molecule has 0 aliphatic carbocycles. The quantitative estimate of drug-likeness (QED) is 0.684. The average molecular weight is 304 g/mol. The first-order chi connectivity index (χ1) is 9.10. The molecule has 2 N–H and O–H groups in total. The molecule has 1 aromatic carbocycles. The van der Waals surface area contributed by atoms with Crippen LogP contribution in [0.5, 0.6) is 0 Å². The molecule has 20 heavy (non-hydrogen) atoms. The predicted octanol–water partition coefficient (Wildman–Crippen LogP) is 2.33. The molecule has 0 unspecified atom stereocenters. The number of nitro groups is 1. The molecule has 1 aliphatic heterocycles. The summed E-state index contributed by atoms with van der Waals surface area (Å²) in [6, 6.07) is 3.62. The Morgan fingerprint density at radius 3 is 2.60 bits per heavy atom. The molecule has 1 aromatic rings. The molecular weight excluding hydrogens is 285 g/mol. The number of nitrogens with zero attached hydrogens (tertiary/aromatic N) is 2. The maximum atomic E-state index is 13.2. The normalized spacial score (nSPS) is 16.7. The van der Waals surface area contributed by atoms with Gasteiger partial charge in [0.2, 0.25) is 0 Å². The number of hydrogen-bond acceptors (Lipinski definition) is 4. The second kappa shape index (κ2) is 7.52. The smallest absolute Gasteiger partial charge is 0.274 e. The standard InChI is InChI=1S/C13H18FN3O2.ClH/c14-12-1-2-13(17(18)19)11(7-12)9-16-5-3-10(8-15)4-6-16;/h1-2,7,10H,3-6,8-9,15H2;1H. The van der Waals surface area contributed by atoms with Gasteiger partial charge in [0.15, 0.2) is 0 Å². The third-order valence-electron chi connectivity index (χ3n) is 3.67. The Hall–Kier alpha value is -1.24. The largest absolute Gasteiger partial charge is 0.330 e. The predicted molar refractivity (Wildman–Crippen MR) is 77.4 cm³/mol. The van der Waals surface area contributed by atoms with E-state index in [1.165, 1.54) is 12.1 Å². The lowest BCUT2D eigenvalue weighted by molar-refractivity contribution is -0.385. The Balaban J connectivity index is 0.00000200. The molecule has 1 aliphatic rings. The van der Waals surface area contributed by atoms with Crippen LogP contribution in [0, 0.1) is 21.8 Å². The SMILES string of the molecule is Cl.NCC1CCN(Cc2cc(F)ccc2[N+](=O)[O-])CC1. The summed E-state index contributed by atoms with van der Waals surface area (Å²) in [7, 11) is 0. The highest BCUT2D eigenvalue weighted by Gasteiger charge is 2.21. The number of nitrogens with two attached hydrogens (primary N) is 1. The summed E-state index contributed by atoms with van der Waals surface area (Å²) < 4.78 is 13.2. The highest BCUT2D eigenvalue weighted by atomic mass is 35.5. The summed E-state index contributed by atoms with van der Waals surface area (Å²) in [6.07, 6.45) is 2.00. The van der Waals surface area contributed by atoms with E-state index in [9.17, 15) is 14.5 Å². The molecule has 1 fully saturated rings. The lowest BCUT2D eigenvalue weighted by Crippen LogP contribution is -2.35. The highest BCUT2D eigenvalue weighted by molar-refractivity contribution is 5.85. The van der Waals surface area contributed by atoms with Gasteiger partial charge in [-0.15, -0.1) is 12.4 Å². The molecule has 0 radical (unpaired) electrons. The van der Waals surface area contributed by atoms with Crippen molar-refractivity contribution in [3.63, 3.8) is 0 Å². The summed E-state index contributed by atoms with van der Waals surface area (Å²) >= 11 is 0. The number of rotatable bonds is 4. The minimum Gasteiger partial charge on any atom is -0.330 e. The van der Waals surface area contributed by atoms with Crippen molar-refractivity contribution in [2.24, 2.45) is 11.7 Å². The van der Waals surface area contributed by atoms with Crippen LogP contribution in [-0.2, 0) is 6.54 Å². The number of benzene rings is 1. The van der Waals surface area contributed by atoms with Gasteiger partial charge in [-0.05, 0) is 50.5 Å². The summed E-state index contributed by atoms with van der Waals surface area (Å²) in [5.41, 5.74) is 6.06. The summed E-state index contributed by atoms with van der Waals surface area (Å²) in [6.45, 7) is 2.82. The molecule has 0 spiro atoms. The van der Waals surface area contributed by atoms with Crippen LogP contribution in [0.4, 0.5) is 10.1 Å². The first kappa shape index (κ1) is 16.8. The Bertz CT molecular complexity index is 465. The van der Waals surface area contributed by atoms with Crippen molar-refractivity contribution in [3.05, 3.63) is 39.7 Å². The molecule has 0 atom stereocenters. The van der Waals surface area contributed by atoms with Crippen molar-refractivity contribution in [1.29, 1.82) is 0 Å². The van der Waals surface area contributed by atoms with E-state index in [-0.39, 0.29) is 18.1 Å². The van der Waals surface area contributed by atoms with Crippen LogP contribution < -0.4 is 5.73 Å². The van der Waals surface area contributed by atoms with E-state index in [1.54, 1.807) is 0 Å². The van der Waals surface area contributed by atoms with E-state index in [1.807, 2.05) is 0 Å². The molecular formula is C13H19ClFN3O2. The third-order valence-corrected chi connectivity index (χ3v) is 3.67. The van der Waals surface area contributed by atoms with E-state index >= 15 is 0 Å². The number of nitro benzene ring substituents is 1. The van der Waals surface area contributed by atoms with E-state index in [0.717, 1.165) is 32.0 Å². The zero-order valence-electron chi connectivity index (χ0n) is 11.1. The van der Waals surface area contributed by atoms with Crippen molar-refractivity contribution < 1.29 is 9.31 Å². The Labute approximate surface area is 123 Å². The molecule has 1 saturated heterocycles. The van der Waals surface area contributed by atoms with Gasteiger partial charge in [0.25, 0.3) is 5.69 Å². The molecule has 0 amide bonds. The third kappa shape index (κ3) is 4.13. The van der Waals surface area contributed by atoms with Gasteiger partial charge < -0.3 is 5.73 Å². The molecule has 2 rings (SSSR count). The van der Waals surface area contributed by atoms with Crippen molar-refractivity contribution in [1.82, 2.24) is 4.90 Å². The van der Waals surface area contributed by atoms with Crippen molar-refractivity contribution in [2.45, 2.75) is 19.4 Å². The lowest BCUT2D eigenvalue weighted by atomic mass is 9.96. The zero-order chi connectivity index (χ0) is 13.8. The van der Waals surface area contributed by atoms with Gasteiger partial charge in [-0.1, -0.05) is 0 Å². The average Bonchev–Trinajstić information content (AvgIpc) is 2.39. The maximum Gasteiger partial charge on any atom is 0.274 e. The van der Waals surface area contributed by atoms with Crippen molar-refractivity contribution in [2.75, 3.05) is 19.6 Å². The van der Waals surface area contributed by atoms with Crippen LogP contribution >= 0.6 is 12.4 Å². The molecule has 0 bridgehead atoms. The van der Waals surface area contributed by atoms with Gasteiger partial charge in [0.1, 0.15) is 5.82 Å².